The smallest absolute Gasteiger partial charge is 0.270 e. The first-order valence-corrected chi connectivity index (χ1v) is 9.21. The molecule has 0 saturated carbocycles. The summed E-state index contributed by atoms with van der Waals surface area (Å²) >= 11 is 0. The normalized spacial score (nSPS) is 22.4. The van der Waals surface area contributed by atoms with E-state index in [9.17, 15) is 4.79 Å². The minimum atomic E-state index is -0.121. The Morgan fingerprint density at radius 2 is 1.92 bits per heavy atom. The molecule has 2 aliphatic rings. The van der Waals surface area contributed by atoms with Crippen LogP contribution in [0.2, 0.25) is 0 Å². The van der Waals surface area contributed by atoms with Crippen LogP contribution in [0.4, 0.5) is 0 Å². The highest BCUT2D eigenvalue weighted by molar-refractivity contribution is 5.92. The standard InChI is InChI=1S/C20H24N4O2/c25-19(18-6-2-4-10-22-18)23-17-13-20(26-15-17)7-11-24(12-8-20)14-16-5-1-3-9-21-16/h1-6,9-10,17H,7-8,11-15H2,(H,23,25)/t17-/m1/s1. The van der Waals surface area contributed by atoms with Crippen molar-refractivity contribution in [2.75, 3.05) is 19.7 Å². The van der Waals surface area contributed by atoms with Gasteiger partial charge in [0.15, 0.2) is 0 Å². The lowest BCUT2D eigenvalue weighted by atomic mass is 9.87. The second-order valence-corrected chi connectivity index (χ2v) is 7.18. The average molecular weight is 352 g/mol. The highest BCUT2D eigenvalue weighted by Gasteiger charge is 2.43. The fraction of sp³-hybridized carbons (Fsp3) is 0.450. The molecule has 4 rings (SSSR count). The Morgan fingerprint density at radius 3 is 2.62 bits per heavy atom. The van der Waals surface area contributed by atoms with E-state index in [2.05, 4.69) is 26.3 Å². The van der Waals surface area contributed by atoms with Crippen molar-refractivity contribution < 1.29 is 9.53 Å². The molecule has 6 heteroatoms. The van der Waals surface area contributed by atoms with Crippen molar-refractivity contribution in [1.29, 1.82) is 0 Å². The molecule has 2 aromatic rings. The fourth-order valence-electron chi connectivity index (χ4n) is 3.88. The van der Waals surface area contributed by atoms with Gasteiger partial charge in [0.25, 0.3) is 5.91 Å². The summed E-state index contributed by atoms with van der Waals surface area (Å²) in [4.78, 5) is 23.2. The first kappa shape index (κ1) is 17.1. The van der Waals surface area contributed by atoms with E-state index in [-0.39, 0.29) is 17.6 Å². The number of nitrogens with zero attached hydrogens (tertiary/aromatic N) is 3. The van der Waals surface area contributed by atoms with Gasteiger partial charge in [-0.3, -0.25) is 19.7 Å². The van der Waals surface area contributed by atoms with Gasteiger partial charge < -0.3 is 10.1 Å². The molecule has 2 aliphatic heterocycles. The van der Waals surface area contributed by atoms with E-state index in [1.165, 1.54) is 0 Å². The third-order valence-corrected chi connectivity index (χ3v) is 5.32. The molecule has 2 saturated heterocycles. The van der Waals surface area contributed by atoms with Gasteiger partial charge in [0, 0.05) is 32.0 Å². The average Bonchev–Trinajstić information content (AvgIpc) is 3.07. The van der Waals surface area contributed by atoms with Gasteiger partial charge in [-0.25, -0.2) is 0 Å². The maximum absolute atomic E-state index is 12.3. The van der Waals surface area contributed by atoms with Crippen molar-refractivity contribution in [2.24, 2.45) is 0 Å². The predicted octanol–water partition coefficient (Wildman–Crippen LogP) is 2.03. The summed E-state index contributed by atoms with van der Waals surface area (Å²) in [5.74, 6) is -0.121. The van der Waals surface area contributed by atoms with Crippen molar-refractivity contribution >= 4 is 5.91 Å². The topological polar surface area (TPSA) is 67.3 Å². The second kappa shape index (κ2) is 7.51. The van der Waals surface area contributed by atoms with Crippen LogP contribution in [0.5, 0.6) is 0 Å². The van der Waals surface area contributed by atoms with Gasteiger partial charge >= 0.3 is 0 Å². The number of amides is 1. The number of ether oxygens (including phenoxy) is 1. The largest absolute Gasteiger partial charge is 0.373 e. The number of carbonyl (C=O) groups excluding carboxylic acids is 1. The zero-order valence-corrected chi connectivity index (χ0v) is 14.8. The van der Waals surface area contributed by atoms with Crippen LogP contribution in [0, 0.1) is 0 Å². The Kier molecular flexibility index (Phi) is 4.95. The Balaban J connectivity index is 1.28. The molecule has 0 bridgehead atoms. The van der Waals surface area contributed by atoms with Crippen LogP contribution in [0.3, 0.4) is 0 Å². The number of hydrogen-bond acceptors (Lipinski definition) is 5. The zero-order valence-electron chi connectivity index (χ0n) is 14.8. The molecule has 1 atom stereocenters. The number of carbonyl (C=O) groups is 1. The van der Waals surface area contributed by atoms with E-state index in [0.29, 0.717) is 12.3 Å². The van der Waals surface area contributed by atoms with Crippen LogP contribution in [0.15, 0.2) is 48.8 Å². The van der Waals surface area contributed by atoms with E-state index in [4.69, 9.17) is 4.74 Å². The summed E-state index contributed by atoms with van der Waals surface area (Å²) in [6, 6.07) is 11.5. The maximum atomic E-state index is 12.3. The van der Waals surface area contributed by atoms with Gasteiger partial charge in [-0.1, -0.05) is 12.1 Å². The molecule has 1 spiro atoms. The molecule has 0 unspecified atom stereocenters. The van der Waals surface area contributed by atoms with Crippen molar-refractivity contribution in [3.63, 3.8) is 0 Å². The summed E-state index contributed by atoms with van der Waals surface area (Å²) in [7, 11) is 0. The monoisotopic (exact) mass is 352 g/mol. The molecule has 0 aliphatic carbocycles. The van der Waals surface area contributed by atoms with Gasteiger partial charge in [0.1, 0.15) is 5.69 Å². The molecule has 1 N–H and O–H groups in total. The van der Waals surface area contributed by atoms with Crippen molar-refractivity contribution in [3.05, 3.63) is 60.2 Å². The number of likely N-dealkylation sites (tertiary alicyclic amines) is 1. The fourth-order valence-corrected chi connectivity index (χ4v) is 3.88. The third kappa shape index (κ3) is 3.92. The van der Waals surface area contributed by atoms with Gasteiger partial charge in [-0.05, 0) is 43.5 Å². The molecule has 4 heterocycles. The number of hydrogen-bond donors (Lipinski definition) is 1. The van der Waals surface area contributed by atoms with Crippen LogP contribution in [-0.4, -0.2) is 52.1 Å². The Hall–Kier alpha value is -2.31. The molecule has 0 radical (unpaired) electrons. The number of nitrogens with one attached hydrogen (secondary N) is 1. The van der Waals surface area contributed by atoms with Crippen LogP contribution < -0.4 is 5.32 Å². The molecule has 26 heavy (non-hydrogen) atoms. The van der Waals surface area contributed by atoms with E-state index < -0.39 is 0 Å². The summed E-state index contributed by atoms with van der Waals surface area (Å²) in [5.41, 5.74) is 1.47. The molecular formula is C20H24N4O2. The van der Waals surface area contributed by atoms with E-state index in [1.807, 2.05) is 30.5 Å². The maximum Gasteiger partial charge on any atom is 0.270 e. The summed E-state index contributed by atoms with van der Waals surface area (Å²) in [5, 5.41) is 3.07. The lowest BCUT2D eigenvalue weighted by Crippen LogP contribution is -2.44. The van der Waals surface area contributed by atoms with E-state index in [1.54, 1.807) is 12.3 Å². The molecule has 1 amide bonds. The van der Waals surface area contributed by atoms with Crippen molar-refractivity contribution in [2.45, 2.75) is 37.5 Å². The molecule has 2 aromatic heterocycles. The van der Waals surface area contributed by atoms with E-state index in [0.717, 1.165) is 44.6 Å². The zero-order chi connectivity index (χ0) is 17.8. The first-order valence-electron chi connectivity index (χ1n) is 9.21. The molecule has 0 aromatic carbocycles. The number of pyridine rings is 2. The quantitative estimate of drug-likeness (QED) is 0.912. The Morgan fingerprint density at radius 1 is 1.15 bits per heavy atom. The molecular weight excluding hydrogens is 328 g/mol. The van der Waals surface area contributed by atoms with Crippen LogP contribution in [-0.2, 0) is 11.3 Å². The minimum Gasteiger partial charge on any atom is -0.373 e. The third-order valence-electron chi connectivity index (χ3n) is 5.32. The molecule has 2 fully saturated rings. The number of rotatable bonds is 4. The van der Waals surface area contributed by atoms with Gasteiger partial charge in [-0.2, -0.15) is 0 Å². The number of aromatic nitrogens is 2. The van der Waals surface area contributed by atoms with Crippen molar-refractivity contribution in [3.8, 4) is 0 Å². The Bertz CT molecular complexity index is 730. The summed E-state index contributed by atoms with van der Waals surface area (Å²) < 4.78 is 6.15. The SMILES string of the molecule is O=C(N[C@H]1COC2(CCN(Cc3ccccn3)CC2)C1)c1ccccn1. The molecule has 6 nitrogen and oxygen atoms in total. The molecule has 136 valence electrons. The van der Waals surface area contributed by atoms with Crippen molar-refractivity contribution in [1.82, 2.24) is 20.2 Å². The van der Waals surface area contributed by atoms with Gasteiger partial charge in [0.05, 0.1) is 23.9 Å². The summed E-state index contributed by atoms with van der Waals surface area (Å²) in [6.07, 6.45) is 6.35. The van der Waals surface area contributed by atoms with Gasteiger partial charge in [0.2, 0.25) is 0 Å². The van der Waals surface area contributed by atoms with E-state index >= 15 is 0 Å². The van der Waals surface area contributed by atoms with Crippen LogP contribution in [0.25, 0.3) is 0 Å². The van der Waals surface area contributed by atoms with Gasteiger partial charge in [-0.15, -0.1) is 0 Å². The highest BCUT2D eigenvalue weighted by Crippen LogP contribution is 2.36. The minimum absolute atomic E-state index is 0.0619. The second-order valence-electron chi connectivity index (χ2n) is 7.18. The lowest BCUT2D eigenvalue weighted by molar-refractivity contribution is -0.0451. The number of piperidine rings is 1. The highest BCUT2D eigenvalue weighted by atomic mass is 16.5. The predicted molar refractivity (Wildman–Crippen MR) is 97.5 cm³/mol. The van der Waals surface area contributed by atoms with Crippen LogP contribution >= 0.6 is 0 Å². The first-order chi connectivity index (χ1) is 12.7. The Labute approximate surface area is 153 Å². The lowest BCUT2D eigenvalue weighted by Gasteiger charge is -2.38. The summed E-state index contributed by atoms with van der Waals surface area (Å²) in [6.45, 7) is 3.46. The van der Waals surface area contributed by atoms with Crippen LogP contribution in [0.1, 0.15) is 35.4 Å².